The van der Waals surface area contributed by atoms with Gasteiger partial charge in [-0.3, -0.25) is 4.79 Å². The van der Waals surface area contributed by atoms with Gasteiger partial charge < -0.3 is 0 Å². The molecule has 0 aliphatic heterocycles. The highest BCUT2D eigenvalue weighted by molar-refractivity contribution is 5.79. The lowest BCUT2D eigenvalue weighted by Gasteiger charge is -2.18. The van der Waals surface area contributed by atoms with Crippen LogP contribution in [-0.4, -0.2) is 17.6 Å². The first kappa shape index (κ1) is 8.97. The summed E-state index contributed by atoms with van der Waals surface area (Å²) in [5.41, 5.74) is -2.19. The third kappa shape index (κ3) is 0.758. The number of halogens is 4. The Bertz CT molecular complexity index is 245. The van der Waals surface area contributed by atoms with E-state index in [1.165, 1.54) is 0 Å². The zero-order chi connectivity index (χ0) is 9.91. The first-order chi connectivity index (χ1) is 5.85. The number of rotatable bonds is 0. The van der Waals surface area contributed by atoms with Gasteiger partial charge in [0.2, 0.25) is 0 Å². The van der Waals surface area contributed by atoms with Crippen LogP contribution in [-0.2, 0) is 4.79 Å². The predicted molar refractivity (Wildman–Crippen MR) is 35.8 cm³/mol. The second kappa shape index (κ2) is 2.07. The van der Waals surface area contributed by atoms with Crippen molar-refractivity contribution in [1.29, 1.82) is 0 Å². The standard InChI is InChI=1S/C8H8F4O/c9-7(10)6(8(7,11)12)3-1-5(13)2-4-6/h1-4H2. The van der Waals surface area contributed by atoms with Crippen LogP contribution in [0.25, 0.3) is 0 Å². The van der Waals surface area contributed by atoms with Crippen LogP contribution in [0.5, 0.6) is 0 Å². The largest absolute Gasteiger partial charge is 0.322 e. The van der Waals surface area contributed by atoms with Crippen molar-refractivity contribution in [3.63, 3.8) is 0 Å². The summed E-state index contributed by atoms with van der Waals surface area (Å²) in [6.07, 6.45) is -1.01. The first-order valence-corrected chi connectivity index (χ1v) is 4.12. The van der Waals surface area contributed by atoms with E-state index in [1.807, 2.05) is 0 Å². The summed E-state index contributed by atoms with van der Waals surface area (Å²) in [6.45, 7) is 0. The SMILES string of the molecule is O=C1CCC2(CC1)C(F)(F)C2(F)F. The van der Waals surface area contributed by atoms with E-state index in [-0.39, 0.29) is 31.5 Å². The van der Waals surface area contributed by atoms with Crippen LogP contribution in [0.15, 0.2) is 0 Å². The molecular weight excluding hydrogens is 188 g/mol. The highest BCUT2D eigenvalue weighted by Crippen LogP contribution is 2.76. The van der Waals surface area contributed by atoms with Gasteiger partial charge in [0.1, 0.15) is 11.2 Å². The summed E-state index contributed by atoms with van der Waals surface area (Å²) < 4.78 is 50.9. The van der Waals surface area contributed by atoms with E-state index in [1.54, 1.807) is 0 Å². The first-order valence-electron chi connectivity index (χ1n) is 4.12. The lowest BCUT2D eigenvalue weighted by atomic mass is 9.84. The number of hydrogen-bond donors (Lipinski definition) is 0. The minimum absolute atomic E-state index is 0.134. The van der Waals surface area contributed by atoms with Crippen LogP contribution in [0.1, 0.15) is 25.7 Å². The monoisotopic (exact) mass is 196 g/mol. The number of carbonyl (C=O) groups is 1. The minimum atomic E-state index is -3.89. The maximum Gasteiger partial charge on any atom is 0.322 e. The Hall–Kier alpha value is -0.610. The van der Waals surface area contributed by atoms with Crippen molar-refractivity contribution in [2.24, 2.45) is 5.41 Å². The van der Waals surface area contributed by atoms with Gasteiger partial charge in [-0.25, -0.2) is 0 Å². The maximum atomic E-state index is 12.7. The van der Waals surface area contributed by atoms with Crippen molar-refractivity contribution in [2.45, 2.75) is 37.5 Å². The van der Waals surface area contributed by atoms with Gasteiger partial charge in [-0.2, -0.15) is 17.6 Å². The molecule has 0 aromatic heterocycles. The Morgan fingerprint density at radius 2 is 1.31 bits per heavy atom. The maximum absolute atomic E-state index is 12.7. The molecule has 1 nitrogen and oxygen atoms in total. The Kier molecular flexibility index (Phi) is 1.43. The molecule has 0 radical (unpaired) electrons. The van der Waals surface area contributed by atoms with Gasteiger partial charge in [-0.05, 0) is 12.8 Å². The summed E-state index contributed by atoms with van der Waals surface area (Å²) in [5.74, 6) is -7.97. The van der Waals surface area contributed by atoms with Gasteiger partial charge >= 0.3 is 11.8 Å². The molecular formula is C8H8F4O. The topological polar surface area (TPSA) is 17.1 Å². The number of alkyl halides is 4. The quantitative estimate of drug-likeness (QED) is 0.543. The van der Waals surface area contributed by atoms with Crippen molar-refractivity contribution < 1.29 is 22.4 Å². The zero-order valence-corrected chi connectivity index (χ0v) is 6.75. The van der Waals surface area contributed by atoms with E-state index in [4.69, 9.17) is 0 Å². The molecule has 2 fully saturated rings. The fourth-order valence-corrected chi connectivity index (χ4v) is 2.11. The lowest BCUT2D eigenvalue weighted by molar-refractivity contribution is -0.122. The van der Waals surface area contributed by atoms with E-state index in [2.05, 4.69) is 0 Å². The summed E-state index contributed by atoms with van der Waals surface area (Å²) >= 11 is 0. The van der Waals surface area contributed by atoms with Gasteiger partial charge in [0.05, 0.1) is 0 Å². The van der Waals surface area contributed by atoms with Crippen molar-refractivity contribution in [2.75, 3.05) is 0 Å². The Labute approximate surface area is 72.1 Å². The highest BCUT2D eigenvalue weighted by Gasteiger charge is 2.95. The van der Waals surface area contributed by atoms with Gasteiger partial charge in [0.25, 0.3) is 0 Å². The molecule has 0 aromatic rings. The third-order valence-corrected chi connectivity index (χ3v) is 3.20. The summed E-state index contributed by atoms with van der Waals surface area (Å²) in [6, 6.07) is 0. The average Bonchev–Trinajstić information content (AvgIpc) is 2.35. The molecule has 5 heteroatoms. The molecule has 0 atom stereocenters. The molecule has 2 saturated carbocycles. The Balaban J connectivity index is 2.22. The van der Waals surface area contributed by atoms with Crippen molar-refractivity contribution in [3.05, 3.63) is 0 Å². The van der Waals surface area contributed by atoms with Gasteiger partial charge in [0, 0.05) is 12.8 Å². The molecule has 2 rings (SSSR count). The van der Waals surface area contributed by atoms with E-state index in [0.717, 1.165) is 0 Å². The fraction of sp³-hybridized carbons (Fsp3) is 0.875. The van der Waals surface area contributed by atoms with Crippen LogP contribution >= 0.6 is 0 Å². The molecule has 13 heavy (non-hydrogen) atoms. The van der Waals surface area contributed by atoms with Crippen LogP contribution in [0.4, 0.5) is 17.6 Å². The molecule has 0 N–H and O–H groups in total. The fourth-order valence-electron chi connectivity index (χ4n) is 2.11. The molecule has 0 saturated heterocycles. The average molecular weight is 196 g/mol. The van der Waals surface area contributed by atoms with Crippen molar-refractivity contribution in [1.82, 2.24) is 0 Å². The van der Waals surface area contributed by atoms with E-state index >= 15 is 0 Å². The lowest BCUT2D eigenvalue weighted by Crippen LogP contribution is -2.21. The van der Waals surface area contributed by atoms with E-state index in [0.29, 0.717) is 0 Å². The number of ketones is 1. The molecule has 0 aromatic carbocycles. The summed E-state index contributed by atoms with van der Waals surface area (Å²) in [5, 5.41) is 0. The molecule has 0 unspecified atom stereocenters. The summed E-state index contributed by atoms with van der Waals surface area (Å²) in [4.78, 5) is 10.7. The van der Waals surface area contributed by atoms with Crippen LogP contribution in [0.2, 0.25) is 0 Å². The molecule has 0 bridgehead atoms. The number of carbonyl (C=O) groups excluding carboxylic acids is 1. The number of hydrogen-bond acceptors (Lipinski definition) is 1. The van der Waals surface area contributed by atoms with Gasteiger partial charge in [-0.15, -0.1) is 0 Å². The van der Waals surface area contributed by atoms with Crippen molar-refractivity contribution >= 4 is 5.78 Å². The smallest absolute Gasteiger partial charge is 0.300 e. The summed E-state index contributed by atoms with van der Waals surface area (Å²) in [7, 11) is 0. The van der Waals surface area contributed by atoms with Crippen LogP contribution in [0, 0.1) is 5.41 Å². The minimum Gasteiger partial charge on any atom is -0.300 e. The normalized spacial score (nSPS) is 33.4. The molecule has 2 aliphatic rings. The molecule has 0 amide bonds. The second-order valence-electron chi connectivity index (χ2n) is 3.77. The Morgan fingerprint density at radius 3 is 1.62 bits per heavy atom. The molecule has 74 valence electrons. The number of Topliss-reactive ketones (excluding diaryl/α,β-unsaturated/α-hetero) is 1. The van der Waals surface area contributed by atoms with Gasteiger partial charge in [-0.1, -0.05) is 0 Å². The van der Waals surface area contributed by atoms with E-state index < -0.39 is 17.3 Å². The van der Waals surface area contributed by atoms with Gasteiger partial charge in [0.15, 0.2) is 0 Å². The predicted octanol–water partition coefficient (Wildman–Crippen LogP) is 2.40. The Morgan fingerprint density at radius 1 is 0.923 bits per heavy atom. The molecule has 2 aliphatic carbocycles. The zero-order valence-electron chi connectivity index (χ0n) is 6.75. The molecule has 0 heterocycles. The molecule has 1 spiro atoms. The van der Waals surface area contributed by atoms with E-state index in [9.17, 15) is 22.4 Å². The second-order valence-corrected chi connectivity index (χ2v) is 3.77. The van der Waals surface area contributed by atoms with Crippen molar-refractivity contribution in [3.8, 4) is 0 Å². The third-order valence-electron chi connectivity index (χ3n) is 3.20. The highest BCUT2D eigenvalue weighted by atomic mass is 19.3. The van der Waals surface area contributed by atoms with Crippen LogP contribution in [0.3, 0.4) is 0 Å². The van der Waals surface area contributed by atoms with Crippen LogP contribution < -0.4 is 0 Å².